The van der Waals surface area contributed by atoms with Crippen LogP contribution >= 0.6 is 0 Å². The number of nitrogens with one attached hydrogen (secondary N) is 2. The Hall–Kier alpha value is -3.17. The second kappa shape index (κ2) is 9.55. The third-order valence-electron chi connectivity index (χ3n) is 4.98. The third kappa shape index (κ3) is 5.25. The average molecular weight is 410 g/mol. The minimum Gasteiger partial charge on any atom is -0.497 e. The van der Waals surface area contributed by atoms with Gasteiger partial charge in [-0.15, -0.1) is 5.10 Å². The van der Waals surface area contributed by atoms with Crippen molar-refractivity contribution in [1.82, 2.24) is 30.5 Å². The number of carbonyl (C=O) groups is 1. The van der Waals surface area contributed by atoms with Crippen LogP contribution in [0.4, 0.5) is 0 Å². The maximum absolute atomic E-state index is 12.3. The number of piperazine rings is 1. The summed E-state index contributed by atoms with van der Waals surface area (Å²) in [5.74, 6) is 2.08. The van der Waals surface area contributed by atoms with Crippen molar-refractivity contribution >= 4 is 5.91 Å². The van der Waals surface area contributed by atoms with E-state index in [1.165, 1.54) is 0 Å². The number of hydrogen-bond acceptors (Lipinski definition) is 7. The highest BCUT2D eigenvalue weighted by Crippen LogP contribution is 2.24. The highest BCUT2D eigenvalue weighted by atomic mass is 16.5. The molecular formula is C21H26N6O3. The molecule has 1 saturated heterocycles. The summed E-state index contributed by atoms with van der Waals surface area (Å²) in [5, 5.41) is 14.4. The highest BCUT2D eigenvalue weighted by molar-refractivity contribution is 5.75. The van der Waals surface area contributed by atoms with Gasteiger partial charge >= 0.3 is 0 Å². The molecule has 1 aliphatic rings. The molecule has 4 rings (SSSR count). The predicted molar refractivity (Wildman–Crippen MR) is 111 cm³/mol. The summed E-state index contributed by atoms with van der Waals surface area (Å²) in [6, 6.07) is 11.4. The Labute approximate surface area is 175 Å². The number of rotatable bonds is 8. The lowest BCUT2D eigenvalue weighted by molar-refractivity contribution is -0.122. The molecule has 1 aromatic carbocycles. The van der Waals surface area contributed by atoms with Crippen LogP contribution in [-0.2, 0) is 24.4 Å². The summed E-state index contributed by atoms with van der Waals surface area (Å²) in [7, 11) is 1.63. The molecule has 0 radical (unpaired) electrons. The molecule has 2 aromatic heterocycles. The Balaban J connectivity index is 1.25. The van der Waals surface area contributed by atoms with Crippen molar-refractivity contribution in [2.24, 2.45) is 0 Å². The molecular weight excluding hydrogens is 384 g/mol. The molecule has 0 unspecified atom stereocenters. The van der Waals surface area contributed by atoms with Gasteiger partial charge in [0, 0.05) is 38.3 Å². The van der Waals surface area contributed by atoms with Gasteiger partial charge in [-0.2, -0.15) is 0 Å². The summed E-state index contributed by atoms with van der Waals surface area (Å²) in [6.45, 7) is 5.17. The van der Waals surface area contributed by atoms with Gasteiger partial charge in [-0.3, -0.25) is 9.69 Å². The number of benzene rings is 1. The normalized spacial score (nSPS) is 14.6. The van der Waals surface area contributed by atoms with E-state index in [0.29, 0.717) is 12.3 Å². The van der Waals surface area contributed by atoms with Crippen molar-refractivity contribution in [2.75, 3.05) is 33.3 Å². The van der Waals surface area contributed by atoms with E-state index in [2.05, 4.69) is 25.8 Å². The number of methoxy groups -OCH3 is 1. The van der Waals surface area contributed by atoms with Crippen LogP contribution in [0.5, 0.6) is 5.75 Å². The number of ether oxygens (including phenoxy) is 1. The Morgan fingerprint density at radius 2 is 2.00 bits per heavy atom. The topological polar surface area (TPSA) is 97.5 Å². The zero-order valence-electron chi connectivity index (χ0n) is 17.0. The summed E-state index contributed by atoms with van der Waals surface area (Å²) in [4.78, 5) is 14.6. The lowest BCUT2D eigenvalue weighted by Gasteiger charge is -2.25. The zero-order chi connectivity index (χ0) is 20.8. The van der Waals surface area contributed by atoms with Crippen LogP contribution in [0.25, 0.3) is 11.3 Å². The van der Waals surface area contributed by atoms with Crippen LogP contribution in [-0.4, -0.2) is 59.1 Å². The van der Waals surface area contributed by atoms with Crippen molar-refractivity contribution in [3.8, 4) is 17.1 Å². The van der Waals surface area contributed by atoms with Gasteiger partial charge in [0.25, 0.3) is 0 Å². The Morgan fingerprint density at radius 1 is 1.20 bits per heavy atom. The van der Waals surface area contributed by atoms with E-state index in [0.717, 1.165) is 55.5 Å². The van der Waals surface area contributed by atoms with Gasteiger partial charge in [0.1, 0.15) is 23.8 Å². The van der Waals surface area contributed by atoms with E-state index in [9.17, 15) is 4.79 Å². The van der Waals surface area contributed by atoms with Crippen molar-refractivity contribution in [1.29, 1.82) is 0 Å². The van der Waals surface area contributed by atoms with E-state index in [-0.39, 0.29) is 12.5 Å². The first kappa shape index (κ1) is 20.1. The maximum Gasteiger partial charge on any atom is 0.242 e. The Kier molecular flexibility index (Phi) is 6.41. The fraction of sp³-hybridized carbons (Fsp3) is 0.381. The SMILES string of the molecule is COc1ccc(-c2ccc(CNC(=O)Cn3cc(CN4CCNCC4)nn3)o2)cc1. The third-order valence-corrected chi connectivity index (χ3v) is 4.98. The summed E-state index contributed by atoms with van der Waals surface area (Å²) < 4.78 is 12.6. The number of furan rings is 1. The second-order valence-corrected chi connectivity index (χ2v) is 7.20. The average Bonchev–Trinajstić information content (AvgIpc) is 3.43. The lowest BCUT2D eigenvalue weighted by Crippen LogP contribution is -2.42. The van der Waals surface area contributed by atoms with Gasteiger partial charge in [0.15, 0.2) is 0 Å². The molecule has 1 aliphatic heterocycles. The molecule has 2 N–H and O–H groups in total. The summed E-state index contributed by atoms with van der Waals surface area (Å²) >= 11 is 0. The molecule has 0 aliphatic carbocycles. The molecule has 3 aromatic rings. The lowest BCUT2D eigenvalue weighted by atomic mass is 10.2. The van der Waals surface area contributed by atoms with Crippen LogP contribution < -0.4 is 15.4 Å². The monoisotopic (exact) mass is 410 g/mol. The maximum atomic E-state index is 12.3. The first-order valence-electron chi connectivity index (χ1n) is 10.0. The predicted octanol–water partition coefficient (Wildman–Crippen LogP) is 1.27. The van der Waals surface area contributed by atoms with Crippen molar-refractivity contribution in [3.05, 3.63) is 54.0 Å². The minimum absolute atomic E-state index is 0.126. The number of aromatic nitrogens is 3. The van der Waals surface area contributed by atoms with E-state index >= 15 is 0 Å². The quantitative estimate of drug-likeness (QED) is 0.577. The molecule has 1 amide bonds. The van der Waals surface area contributed by atoms with Gasteiger partial charge < -0.3 is 19.8 Å². The Bertz CT molecular complexity index is 959. The van der Waals surface area contributed by atoms with Gasteiger partial charge in [0.05, 0.1) is 25.5 Å². The standard InChI is InChI=1S/C21H26N6O3/c1-29-18-4-2-16(3-5-18)20-7-6-19(30-20)12-23-21(28)15-27-14-17(24-25-27)13-26-10-8-22-9-11-26/h2-7,14,22H,8-13,15H2,1H3,(H,23,28). The molecule has 3 heterocycles. The summed E-state index contributed by atoms with van der Waals surface area (Å²) in [5.41, 5.74) is 1.83. The second-order valence-electron chi connectivity index (χ2n) is 7.20. The molecule has 1 fully saturated rings. The molecule has 9 heteroatoms. The largest absolute Gasteiger partial charge is 0.497 e. The van der Waals surface area contributed by atoms with Gasteiger partial charge in [-0.25, -0.2) is 4.68 Å². The molecule has 0 spiro atoms. The van der Waals surface area contributed by atoms with Crippen molar-refractivity contribution in [3.63, 3.8) is 0 Å². The van der Waals surface area contributed by atoms with Crippen LogP contribution in [0, 0.1) is 0 Å². The first-order valence-corrected chi connectivity index (χ1v) is 10.0. The molecule has 9 nitrogen and oxygen atoms in total. The van der Waals surface area contributed by atoms with Gasteiger partial charge in [-0.05, 0) is 36.4 Å². The first-order chi connectivity index (χ1) is 14.7. The van der Waals surface area contributed by atoms with E-state index in [4.69, 9.17) is 9.15 Å². The molecule has 0 bridgehead atoms. The van der Waals surface area contributed by atoms with Crippen LogP contribution in [0.2, 0.25) is 0 Å². The number of amides is 1. The summed E-state index contributed by atoms with van der Waals surface area (Å²) in [6.07, 6.45) is 1.83. The van der Waals surface area contributed by atoms with Gasteiger partial charge in [0.2, 0.25) is 5.91 Å². The highest BCUT2D eigenvalue weighted by Gasteiger charge is 2.13. The number of nitrogens with zero attached hydrogens (tertiary/aromatic N) is 4. The fourth-order valence-electron chi connectivity index (χ4n) is 3.36. The van der Waals surface area contributed by atoms with Gasteiger partial charge in [-0.1, -0.05) is 5.21 Å². The van der Waals surface area contributed by atoms with Crippen molar-refractivity contribution in [2.45, 2.75) is 19.6 Å². The molecule has 30 heavy (non-hydrogen) atoms. The van der Waals surface area contributed by atoms with Crippen molar-refractivity contribution < 1.29 is 13.9 Å². The smallest absolute Gasteiger partial charge is 0.242 e. The Morgan fingerprint density at radius 3 is 2.77 bits per heavy atom. The number of carbonyl (C=O) groups excluding carboxylic acids is 1. The van der Waals surface area contributed by atoms with Crippen LogP contribution in [0.3, 0.4) is 0 Å². The van der Waals surface area contributed by atoms with E-state index < -0.39 is 0 Å². The molecule has 0 atom stereocenters. The van der Waals surface area contributed by atoms with Crippen LogP contribution in [0.15, 0.2) is 47.0 Å². The molecule has 158 valence electrons. The zero-order valence-corrected chi connectivity index (χ0v) is 17.0. The van der Waals surface area contributed by atoms with E-state index in [1.54, 1.807) is 11.8 Å². The molecule has 0 saturated carbocycles. The van der Waals surface area contributed by atoms with E-state index in [1.807, 2.05) is 42.6 Å². The number of hydrogen-bond donors (Lipinski definition) is 2. The van der Waals surface area contributed by atoms with Crippen LogP contribution in [0.1, 0.15) is 11.5 Å². The minimum atomic E-state index is -0.143. The fourth-order valence-corrected chi connectivity index (χ4v) is 3.36.